The predicted octanol–water partition coefficient (Wildman–Crippen LogP) is 3.42. The number of nitrogens with one attached hydrogen (secondary N) is 1. The number of hydrogen-bond acceptors (Lipinski definition) is 4. The zero-order chi connectivity index (χ0) is 21.1. The number of hydrogen-bond donors (Lipinski definition) is 1. The number of alkyl halides is 3. The molecule has 2 aromatic heterocycles. The smallest absolute Gasteiger partial charge is 0.353 e. The predicted molar refractivity (Wildman–Crippen MR) is 103 cm³/mol. The quantitative estimate of drug-likeness (QED) is 0.709. The van der Waals surface area contributed by atoms with E-state index in [1.165, 1.54) is 12.1 Å². The Bertz CT molecular complexity index is 1030. The van der Waals surface area contributed by atoms with E-state index >= 15 is 0 Å². The second kappa shape index (κ2) is 8.25. The van der Waals surface area contributed by atoms with E-state index in [2.05, 4.69) is 20.5 Å². The molecule has 0 saturated heterocycles. The second-order valence-electron chi connectivity index (χ2n) is 7.29. The Morgan fingerprint density at radius 3 is 2.70 bits per heavy atom. The summed E-state index contributed by atoms with van der Waals surface area (Å²) in [6.45, 7) is 0.647. The maximum Gasteiger partial charge on any atom is 0.416 e. The Balaban J connectivity index is 1.39. The number of fused-ring (bicyclic) bond motifs is 1. The molecule has 0 saturated carbocycles. The van der Waals surface area contributed by atoms with Crippen LogP contribution in [-0.2, 0) is 30.4 Å². The van der Waals surface area contributed by atoms with Crippen LogP contribution in [0.3, 0.4) is 0 Å². The van der Waals surface area contributed by atoms with E-state index in [9.17, 15) is 18.0 Å². The molecule has 0 spiro atoms. The van der Waals surface area contributed by atoms with Crippen molar-refractivity contribution < 1.29 is 18.0 Å². The molecule has 4 rings (SSSR count). The number of rotatable bonds is 4. The molecule has 1 atom stereocenters. The van der Waals surface area contributed by atoms with Gasteiger partial charge in [0.2, 0.25) is 5.91 Å². The summed E-state index contributed by atoms with van der Waals surface area (Å²) in [5.74, 6) is 1.34. The molecule has 1 aliphatic rings. The van der Waals surface area contributed by atoms with Gasteiger partial charge in [0.1, 0.15) is 5.82 Å². The third kappa shape index (κ3) is 4.50. The summed E-state index contributed by atoms with van der Waals surface area (Å²) in [4.78, 5) is 16.4. The third-order valence-electron chi connectivity index (χ3n) is 5.17. The van der Waals surface area contributed by atoms with Crippen LogP contribution in [-0.4, -0.2) is 31.7 Å². The Kier molecular flexibility index (Phi) is 5.52. The van der Waals surface area contributed by atoms with Gasteiger partial charge < -0.3 is 9.88 Å². The van der Waals surface area contributed by atoms with Crippen LogP contribution < -0.4 is 5.32 Å². The molecule has 156 valence electrons. The number of carbonyl (C=O) groups excluding carboxylic acids is 1. The Morgan fingerprint density at radius 1 is 1.13 bits per heavy atom. The van der Waals surface area contributed by atoms with E-state index in [-0.39, 0.29) is 18.4 Å². The SMILES string of the molecule is O=C(Cc1cccc(C(F)(F)F)c1)NC1CCc2nnc(-c3ccncc3)n2CC1. The first kappa shape index (κ1) is 20.1. The zero-order valence-electron chi connectivity index (χ0n) is 16.1. The monoisotopic (exact) mass is 415 g/mol. The van der Waals surface area contributed by atoms with Gasteiger partial charge in [-0.25, -0.2) is 0 Å². The fourth-order valence-electron chi connectivity index (χ4n) is 3.67. The van der Waals surface area contributed by atoms with Gasteiger partial charge in [0, 0.05) is 37.0 Å². The number of amides is 1. The summed E-state index contributed by atoms with van der Waals surface area (Å²) in [6.07, 6.45) is 0.936. The highest BCUT2D eigenvalue weighted by Crippen LogP contribution is 2.29. The van der Waals surface area contributed by atoms with Crippen LogP contribution in [0.4, 0.5) is 13.2 Å². The van der Waals surface area contributed by atoms with E-state index in [0.717, 1.165) is 29.3 Å². The Morgan fingerprint density at radius 2 is 1.93 bits per heavy atom. The first-order valence-electron chi connectivity index (χ1n) is 9.68. The number of aromatic nitrogens is 4. The molecule has 1 amide bonds. The van der Waals surface area contributed by atoms with Crippen LogP contribution in [0.25, 0.3) is 11.4 Å². The van der Waals surface area contributed by atoms with E-state index in [0.29, 0.717) is 31.4 Å². The van der Waals surface area contributed by atoms with E-state index in [1.807, 2.05) is 16.7 Å². The van der Waals surface area contributed by atoms with Crippen molar-refractivity contribution in [2.75, 3.05) is 0 Å². The largest absolute Gasteiger partial charge is 0.416 e. The molecular formula is C21H20F3N5O. The van der Waals surface area contributed by atoms with Crippen molar-refractivity contribution in [3.05, 3.63) is 65.7 Å². The van der Waals surface area contributed by atoms with Gasteiger partial charge >= 0.3 is 6.18 Å². The highest BCUT2D eigenvalue weighted by Gasteiger charge is 2.30. The van der Waals surface area contributed by atoms with Crippen molar-refractivity contribution in [3.8, 4) is 11.4 Å². The molecule has 0 fully saturated rings. The maximum atomic E-state index is 12.9. The van der Waals surface area contributed by atoms with Gasteiger partial charge in [-0.1, -0.05) is 18.2 Å². The van der Waals surface area contributed by atoms with Gasteiger partial charge in [-0.15, -0.1) is 10.2 Å². The summed E-state index contributed by atoms with van der Waals surface area (Å²) < 4.78 is 40.6. The molecule has 0 aliphatic carbocycles. The Labute approximate surface area is 171 Å². The molecule has 30 heavy (non-hydrogen) atoms. The number of halogens is 3. The van der Waals surface area contributed by atoms with Crippen molar-refractivity contribution >= 4 is 5.91 Å². The molecule has 3 heterocycles. The van der Waals surface area contributed by atoms with Gasteiger partial charge in [0.05, 0.1) is 12.0 Å². The second-order valence-corrected chi connectivity index (χ2v) is 7.29. The van der Waals surface area contributed by atoms with Crippen LogP contribution in [0.5, 0.6) is 0 Å². The summed E-state index contributed by atoms with van der Waals surface area (Å²) in [5, 5.41) is 11.5. The molecule has 1 aliphatic heterocycles. The van der Waals surface area contributed by atoms with Crippen molar-refractivity contribution in [1.82, 2.24) is 25.1 Å². The summed E-state index contributed by atoms with van der Waals surface area (Å²) in [5.41, 5.74) is 0.521. The minimum absolute atomic E-state index is 0.0738. The number of nitrogens with zero attached hydrogens (tertiary/aromatic N) is 4. The Hall–Kier alpha value is -3.23. The average Bonchev–Trinajstić information content (AvgIpc) is 3.03. The van der Waals surface area contributed by atoms with Crippen LogP contribution in [0.1, 0.15) is 29.8 Å². The molecule has 9 heteroatoms. The van der Waals surface area contributed by atoms with Crippen molar-refractivity contribution in [3.63, 3.8) is 0 Å². The number of aryl methyl sites for hydroxylation is 1. The van der Waals surface area contributed by atoms with Crippen LogP contribution in [0.2, 0.25) is 0 Å². The molecule has 6 nitrogen and oxygen atoms in total. The molecule has 0 bridgehead atoms. The summed E-state index contributed by atoms with van der Waals surface area (Å²) in [6, 6.07) is 8.55. The molecule has 3 aromatic rings. The lowest BCUT2D eigenvalue weighted by molar-refractivity contribution is -0.137. The highest BCUT2D eigenvalue weighted by molar-refractivity contribution is 5.78. The normalized spacial score (nSPS) is 16.6. The van der Waals surface area contributed by atoms with Crippen LogP contribution >= 0.6 is 0 Å². The standard InChI is InChI=1S/C21H20F3N5O/c22-21(23,24)16-3-1-2-14(12-16)13-19(30)26-17-4-5-18-27-28-20(29(18)11-8-17)15-6-9-25-10-7-15/h1-3,6-7,9-10,12,17H,4-5,8,11,13H2,(H,26,30). The first-order valence-corrected chi connectivity index (χ1v) is 9.68. The van der Waals surface area contributed by atoms with Crippen molar-refractivity contribution in [2.24, 2.45) is 0 Å². The number of pyridine rings is 1. The molecule has 1 aromatic carbocycles. The number of benzene rings is 1. The fraction of sp³-hybridized carbons (Fsp3) is 0.333. The summed E-state index contributed by atoms with van der Waals surface area (Å²) in [7, 11) is 0. The lowest BCUT2D eigenvalue weighted by Gasteiger charge is -2.16. The van der Waals surface area contributed by atoms with Gasteiger partial charge in [0.15, 0.2) is 5.82 Å². The van der Waals surface area contributed by atoms with Crippen LogP contribution in [0.15, 0.2) is 48.8 Å². The maximum absolute atomic E-state index is 12.9. The highest BCUT2D eigenvalue weighted by atomic mass is 19.4. The lowest BCUT2D eigenvalue weighted by Crippen LogP contribution is -2.36. The van der Waals surface area contributed by atoms with E-state index in [4.69, 9.17) is 0 Å². The lowest BCUT2D eigenvalue weighted by atomic mass is 10.1. The third-order valence-corrected chi connectivity index (χ3v) is 5.17. The van der Waals surface area contributed by atoms with Gasteiger partial charge in [-0.3, -0.25) is 9.78 Å². The zero-order valence-corrected chi connectivity index (χ0v) is 16.1. The first-order chi connectivity index (χ1) is 14.4. The van der Waals surface area contributed by atoms with E-state index < -0.39 is 11.7 Å². The van der Waals surface area contributed by atoms with Gasteiger partial charge in [0.25, 0.3) is 0 Å². The average molecular weight is 415 g/mol. The fourth-order valence-corrected chi connectivity index (χ4v) is 3.67. The molecule has 0 radical (unpaired) electrons. The van der Waals surface area contributed by atoms with Crippen LogP contribution in [0, 0.1) is 0 Å². The van der Waals surface area contributed by atoms with E-state index in [1.54, 1.807) is 12.4 Å². The molecule has 1 N–H and O–H groups in total. The minimum Gasteiger partial charge on any atom is -0.353 e. The topological polar surface area (TPSA) is 72.7 Å². The summed E-state index contributed by atoms with van der Waals surface area (Å²) >= 11 is 0. The van der Waals surface area contributed by atoms with Gasteiger partial charge in [-0.2, -0.15) is 13.2 Å². The van der Waals surface area contributed by atoms with Crippen molar-refractivity contribution in [2.45, 2.75) is 44.4 Å². The molecule has 1 unspecified atom stereocenters. The van der Waals surface area contributed by atoms with Gasteiger partial charge in [-0.05, 0) is 36.6 Å². The van der Waals surface area contributed by atoms with Crippen molar-refractivity contribution in [1.29, 1.82) is 0 Å². The molecular weight excluding hydrogens is 395 g/mol. The number of carbonyl (C=O) groups is 1. The minimum atomic E-state index is -4.42.